The van der Waals surface area contributed by atoms with Gasteiger partial charge in [-0.25, -0.2) is 0 Å². The molecule has 56 heavy (non-hydrogen) atoms. The molecule has 0 unspecified atom stereocenters. The maximum Gasteiger partial charge on any atom is 0.320 e. The molecule has 320 valence electrons. The number of rotatable bonds is 23. The van der Waals surface area contributed by atoms with Crippen molar-refractivity contribution in [2.24, 2.45) is 0 Å². The summed E-state index contributed by atoms with van der Waals surface area (Å²) in [6.45, 7) is 21.9. The van der Waals surface area contributed by atoms with E-state index in [1.165, 1.54) is 0 Å². The Hall–Kier alpha value is -3.63. The Bertz CT molecular complexity index is 1260. The molecule has 15 heteroatoms. The lowest BCUT2D eigenvalue weighted by Crippen LogP contribution is -2.47. The van der Waals surface area contributed by atoms with Gasteiger partial charge < -0.3 is 33.2 Å². The van der Waals surface area contributed by atoms with Crippen LogP contribution in [0.4, 0.5) is 0 Å². The summed E-state index contributed by atoms with van der Waals surface area (Å²) in [7, 11) is 1.60. The van der Waals surface area contributed by atoms with E-state index in [0.717, 1.165) is 11.1 Å². The number of methoxy groups -OCH3 is 1. The van der Waals surface area contributed by atoms with Crippen molar-refractivity contribution in [3.05, 3.63) is 35.4 Å². The zero-order valence-corrected chi connectivity index (χ0v) is 36.2. The molecule has 0 aromatic heterocycles. The van der Waals surface area contributed by atoms with E-state index in [0.29, 0.717) is 19.8 Å². The predicted octanol–water partition coefficient (Wildman–Crippen LogP) is 4.17. The number of hydrogen-bond acceptors (Lipinski definition) is 15. The first-order chi connectivity index (χ1) is 25.7. The average Bonchev–Trinajstić information content (AvgIpc) is 2.99. The number of esters is 5. The van der Waals surface area contributed by atoms with Gasteiger partial charge in [0.05, 0.1) is 52.5 Å². The summed E-state index contributed by atoms with van der Waals surface area (Å²) in [6, 6.07) is 7.48. The second-order valence-corrected chi connectivity index (χ2v) is 17.5. The van der Waals surface area contributed by atoms with Gasteiger partial charge in [-0.1, -0.05) is 24.3 Å². The van der Waals surface area contributed by atoms with Gasteiger partial charge in [0.1, 0.15) is 29.0 Å². The van der Waals surface area contributed by atoms with Gasteiger partial charge in [-0.05, 0) is 94.2 Å². The highest BCUT2D eigenvalue weighted by atomic mass is 16.6. The molecule has 0 heterocycles. The molecule has 0 aliphatic carbocycles. The van der Waals surface area contributed by atoms with Crippen molar-refractivity contribution in [3.63, 3.8) is 0 Å². The smallest absolute Gasteiger partial charge is 0.320 e. The van der Waals surface area contributed by atoms with Gasteiger partial charge in [0.25, 0.3) is 0 Å². The molecule has 15 nitrogen and oxygen atoms in total. The second-order valence-electron chi connectivity index (χ2n) is 17.5. The minimum absolute atomic E-state index is 0.00328. The summed E-state index contributed by atoms with van der Waals surface area (Å²) in [5, 5.41) is 0. The molecule has 0 radical (unpaired) electrons. The minimum Gasteiger partial charge on any atom is -0.460 e. The zero-order valence-electron chi connectivity index (χ0n) is 36.2. The van der Waals surface area contributed by atoms with Crippen LogP contribution in [0.15, 0.2) is 24.3 Å². The van der Waals surface area contributed by atoms with Crippen molar-refractivity contribution in [2.75, 3.05) is 79.2 Å². The van der Waals surface area contributed by atoms with Gasteiger partial charge in [0.15, 0.2) is 0 Å². The number of carbonyl (C=O) groups is 5. The molecule has 0 amide bonds. The van der Waals surface area contributed by atoms with Crippen LogP contribution in [0.5, 0.6) is 0 Å². The summed E-state index contributed by atoms with van der Waals surface area (Å²) in [4.78, 5) is 70.0. The average molecular weight is 796 g/mol. The standard InChI is InChI=1S/C41H69N3O12/c1-38(2,3)53-34(46)25-43(26-35(47)54-39(4,5)6)20-18-42(24-33(45)52-30-32-17-15-14-16-31(32)29-51-23-22-50-13)19-21-44(27-36(48)55-40(7,8)9)28-37(49)56-41(10,11)12/h14-17H,18-30H2,1-13H3. The van der Waals surface area contributed by atoms with Gasteiger partial charge in [-0.15, -0.1) is 0 Å². The molecule has 0 N–H and O–H groups in total. The van der Waals surface area contributed by atoms with E-state index in [1.54, 1.807) is 105 Å². The molecule has 1 rings (SSSR count). The molecule has 1 aromatic carbocycles. The van der Waals surface area contributed by atoms with Crippen molar-refractivity contribution >= 4 is 29.8 Å². The van der Waals surface area contributed by atoms with Crippen LogP contribution in [0.2, 0.25) is 0 Å². The van der Waals surface area contributed by atoms with Crippen LogP contribution >= 0.6 is 0 Å². The normalized spacial score (nSPS) is 12.5. The van der Waals surface area contributed by atoms with Crippen molar-refractivity contribution in [1.82, 2.24) is 14.7 Å². The Kier molecular flexibility index (Phi) is 21.2. The Morgan fingerprint density at radius 2 is 0.786 bits per heavy atom. The largest absolute Gasteiger partial charge is 0.460 e. The van der Waals surface area contributed by atoms with Crippen molar-refractivity contribution in [1.29, 1.82) is 0 Å². The fourth-order valence-electron chi connectivity index (χ4n) is 5.04. The van der Waals surface area contributed by atoms with E-state index >= 15 is 0 Å². The Labute approximate surface area is 334 Å². The van der Waals surface area contributed by atoms with Crippen LogP contribution in [-0.2, 0) is 70.3 Å². The van der Waals surface area contributed by atoms with Crippen LogP contribution in [0, 0.1) is 0 Å². The molecule has 0 spiro atoms. The van der Waals surface area contributed by atoms with Crippen molar-refractivity contribution < 1.29 is 57.1 Å². The van der Waals surface area contributed by atoms with E-state index in [2.05, 4.69) is 0 Å². The molecule has 0 atom stereocenters. The fourth-order valence-corrected chi connectivity index (χ4v) is 5.04. The highest BCUT2D eigenvalue weighted by molar-refractivity contribution is 5.76. The molecule has 0 fully saturated rings. The number of hydrogen-bond donors (Lipinski definition) is 0. The molecule has 0 bridgehead atoms. The summed E-state index contributed by atoms with van der Waals surface area (Å²) in [5.41, 5.74) is -1.33. The molecule has 0 aliphatic rings. The van der Waals surface area contributed by atoms with E-state index in [4.69, 9.17) is 33.2 Å². The monoisotopic (exact) mass is 795 g/mol. The van der Waals surface area contributed by atoms with Crippen LogP contribution < -0.4 is 0 Å². The summed E-state index contributed by atoms with van der Waals surface area (Å²) < 4.78 is 38.6. The SMILES string of the molecule is COCCOCc1ccccc1COC(=O)CN(CCN(CC(=O)OC(C)(C)C)CC(=O)OC(C)(C)C)CCN(CC(=O)OC(C)(C)C)CC(=O)OC(C)(C)C. The third-order valence-electron chi connectivity index (χ3n) is 7.10. The number of ether oxygens (including phenoxy) is 7. The van der Waals surface area contributed by atoms with Gasteiger partial charge >= 0.3 is 29.8 Å². The Morgan fingerprint density at radius 3 is 1.12 bits per heavy atom. The highest BCUT2D eigenvalue weighted by Crippen LogP contribution is 2.14. The van der Waals surface area contributed by atoms with Crippen LogP contribution in [-0.4, -0.2) is 146 Å². The predicted molar refractivity (Wildman–Crippen MR) is 210 cm³/mol. The second kappa shape index (κ2) is 23.6. The molecule has 0 saturated carbocycles. The zero-order chi connectivity index (χ0) is 42.7. The number of carbonyl (C=O) groups excluding carboxylic acids is 5. The van der Waals surface area contributed by atoms with Crippen LogP contribution in [0.1, 0.15) is 94.2 Å². The maximum atomic E-state index is 13.4. The number of nitrogens with zero attached hydrogens (tertiary/aromatic N) is 3. The van der Waals surface area contributed by atoms with E-state index in [-0.39, 0.29) is 65.5 Å². The van der Waals surface area contributed by atoms with Crippen molar-refractivity contribution in [3.8, 4) is 0 Å². The molecule has 1 aromatic rings. The quantitative estimate of drug-likeness (QED) is 0.0882. The molecule has 0 aliphatic heterocycles. The lowest BCUT2D eigenvalue weighted by molar-refractivity contribution is -0.162. The fraction of sp³-hybridized carbons (Fsp3) is 0.732. The van der Waals surface area contributed by atoms with E-state index in [9.17, 15) is 24.0 Å². The first kappa shape index (κ1) is 50.4. The Balaban J connectivity index is 3.32. The lowest BCUT2D eigenvalue weighted by Gasteiger charge is -2.30. The summed E-state index contributed by atoms with van der Waals surface area (Å²) in [6.07, 6.45) is 0. The molecular weight excluding hydrogens is 726 g/mol. The van der Waals surface area contributed by atoms with Gasteiger partial charge in [0, 0.05) is 33.3 Å². The Morgan fingerprint density at radius 1 is 0.464 bits per heavy atom. The third-order valence-corrected chi connectivity index (χ3v) is 7.10. The number of benzene rings is 1. The summed E-state index contributed by atoms with van der Waals surface area (Å²) >= 11 is 0. The highest BCUT2D eigenvalue weighted by Gasteiger charge is 2.27. The third kappa shape index (κ3) is 26.3. The topological polar surface area (TPSA) is 160 Å². The maximum absolute atomic E-state index is 13.4. The van der Waals surface area contributed by atoms with Crippen molar-refractivity contribution in [2.45, 2.75) is 119 Å². The first-order valence-electron chi connectivity index (χ1n) is 19.1. The van der Waals surface area contributed by atoms with Gasteiger partial charge in [-0.2, -0.15) is 0 Å². The van der Waals surface area contributed by atoms with Gasteiger partial charge in [-0.3, -0.25) is 38.7 Å². The van der Waals surface area contributed by atoms with Crippen LogP contribution in [0.3, 0.4) is 0 Å². The lowest BCUT2D eigenvalue weighted by atomic mass is 10.1. The van der Waals surface area contributed by atoms with Gasteiger partial charge in [0.2, 0.25) is 0 Å². The first-order valence-corrected chi connectivity index (χ1v) is 19.1. The van der Waals surface area contributed by atoms with E-state index < -0.39 is 52.3 Å². The molecular formula is C41H69N3O12. The summed E-state index contributed by atoms with van der Waals surface area (Å²) in [5.74, 6) is -2.65. The van der Waals surface area contributed by atoms with E-state index in [1.807, 2.05) is 24.3 Å². The minimum atomic E-state index is -0.745. The van der Waals surface area contributed by atoms with Crippen LogP contribution in [0.25, 0.3) is 0 Å². The molecule has 0 saturated heterocycles.